The predicted molar refractivity (Wildman–Crippen MR) is 111 cm³/mol. The van der Waals surface area contributed by atoms with Gasteiger partial charge in [0.2, 0.25) is 0 Å². The van der Waals surface area contributed by atoms with E-state index < -0.39 is 17.6 Å². The number of nitrogens with zero attached hydrogens (tertiary/aromatic N) is 1. The second kappa shape index (κ2) is 7.32. The average molecular weight is 391 g/mol. The number of carbonyl (C=O) groups is 2. The molecule has 0 aromatic heterocycles. The lowest BCUT2D eigenvalue weighted by Gasteiger charge is -2.15. The number of phenolic OH excluding ortho intramolecular Hbond substituents is 1. The van der Waals surface area contributed by atoms with Crippen LogP contribution < -0.4 is 4.90 Å². The van der Waals surface area contributed by atoms with E-state index in [4.69, 9.17) is 0 Å². The Balaban J connectivity index is 1.95. The van der Waals surface area contributed by atoms with E-state index >= 15 is 0 Å². The molecule has 29 heavy (non-hydrogen) atoms. The molecule has 0 aliphatic carbocycles. The number of imide groups is 1. The van der Waals surface area contributed by atoms with Crippen molar-refractivity contribution in [2.75, 3.05) is 4.90 Å². The van der Waals surface area contributed by atoms with Crippen molar-refractivity contribution in [3.63, 3.8) is 0 Å². The molecule has 0 bridgehead atoms. The van der Waals surface area contributed by atoms with Crippen molar-refractivity contribution in [3.8, 4) is 5.75 Å². The maximum Gasteiger partial charge on any atom is 0.270 e. The van der Waals surface area contributed by atoms with Crippen LogP contribution in [-0.4, -0.2) is 16.9 Å². The molecule has 1 aliphatic heterocycles. The minimum absolute atomic E-state index is 0.0289. The van der Waals surface area contributed by atoms with Crippen LogP contribution in [0.4, 0.5) is 10.1 Å². The Morgan fingerprint density at radius 1 is 0.966 bits per heavy atom. The van der Waals surface area contributed by atoms with Crippen LogP contribution in [0.1, 0.15) is 58.5 Å². The van der Waals surface area contributed by atoms with E-state index in [0.29, 0.717) is 18.2 Å². The van der Waals surface area contributed by atoms with Gasteiger partial charge in [0.05, 0.1) is 16.8 Å². The van der Waals surface area contributed by atoms with Gasteiger partial charge in [0.25, 0.3) is 11.8 Å². The third-order valence-electron chi connectivity index (χ3n) is 5.57. The van der Waals surface area contributed by atoms with Crippen LogP contribution >= 0.6 is 0 Å². The molecular formula is C24H22FNO3. The zero-order valence-corrected chi connectivity index (χ0v) is 16.5. The van der Waals surface area contributed by atoms with E-state index in [0.717, 1.165) is 34.3 Å². The first-order valence-electron chi connectivity index (χ1n) is 9.93. The zero-order valence-electron chi connectivity index (χ0n) is 16.5. The summed E-state index contributed by atoms with van der Waals surface area (Å²) >= 11 is 0. The molecule has 0 unspecified atom stereocenters. The minimum atomic E-state index is -0.686. The van der Waals surface area contributed by atoms with Gasteiger partial charge >= 0.3 is 0 Å². The molecule has 1 aliphatic rings. The highest BCUT2D eigenvalue weighted by Gasteiger charge is 2.42. The van der Waals surface area contributed by atoms with Gasteiger partial charge in [-0.3, -0.25) is 9.59 Å². The number of unbranched alkanes of at least 4 members (excludes halogenated alkanes) is 1. The van der Waals surface area contributed by atoms with Crippen LogP contribution in [0.2, 0.25) is 0 Å². The highest BCUT2D eigenvalue weighted by atomic mass is 19.1. The second-order valence-corrected chi connectivity index (χ2v) is 7.31. The van der Waals surface area contributed by atoms with Crippen molar-refractivity contribution in [1.82, 2.24) is 0 Å². The number of anilines is 1. The fraction of sp³-hybridized carbons (Fsp3) is 0.250. The Hall–Kier alpha value is -3.21. The van der Waals surface area contributed by atoms with Crippen LogP contribution in [0.5, 0.6) is 5.75 Å². The number of aromatic hydroxyl groups is 1. The molecule has 148 valence electrons. The highest BCUT2D eigenvalue weighted by Crippen LogP contribution is 2.42. The fourth-order valence-electron chi connectivity index (χ4n) is 4.04. The molecule has 0 radical (unpaired) electrons. The topological polar surface area (TPSA) is 57.6 Å². The summed E-state index contributed by atoms with van der Waals surface area (Å²) in [6.07, 6.45) is 3.00. The van der Waals surface area contributed by atoms with E-state index in [2.05, 4.69) is 0 Å². The van der Waals surface area contributed by atoms with Crippen LogP contribution in [-0.2, 0) is 12.8 Å². The molecule has 0 saturated heterocycles. The van der Waals surface area contributed by atoms with Gasteiger partial charge in [-0.15, -0.1) is 0 Å². The number of rotatable bonds is 5. The third kappa shape index (κ3) is 2.89. The molecule has 0 spiro atoms. The van der Waals surface area contributed by atoms with Gasteiger partial charge < -0.3 is 5.11 Å². The van der Waals surface area contributed by atoms with E-state index in [1.807, 2.05) is 26.0 Å². The number of halogens is 1. The Bertz CT molecular complexity index is 1150. The Labute approximate surface area is 168 Å². The molecule has 2 amide bonds. The van der Waals surface area contributed by atoms with Crippen LogP contribution in [0.3, 0.4) is 0 Å². The van der Waals surface area contributed by atoms with Crippen molar-refractivity contribution in [2.24, 2.45) is 0 Å². The molecule has 0 atom stereocenters. The van der Waals surface area contributed by atoms with Gasteiger partial charge in [-0.05, 0) is 47.9 Å². The number of benzene rings is 3. The Kier molecular flexibility index (Phi) is 4.82. The lowest BCUT2D eigenvalue weighted by Crippen LogP contribution is -2.30. The molecule has 1 heterocycles. The first kappa shape index (κ1) is 19.1. The van der Waals surface area contributed by atoms with Crippen molar-refractivity contribution in [3.05, 3.63) is 70.5 Å². The summed E-state index contributed by atoms with van der Waals surface area (Å²) in [5.41, 5.74) is 1.59. The van der Waals surface area contributed by atoms with Crippen LogP contribution in [0.15, 0.2) is 42.5 Å². The quantitative estimate of drug-likeness (QED) is 0.593. The van der Waals surface area contributed by atoms with Gasteiger partial charge in [-0.1, -0.05) is 50.6 Å². The minimum Gasteiger partial charge on any atom is -0.506 e. The summed E-state index contributed by atoms with van der Waals surface area (Å²) in [7, 11) is 0. The van der Waals surface area contributed by atoms with Crippen LogP contribution in [0, 0.1) is 5.82 Å². The molecule has 0 fully saturated rings. The number of amides is 2. The number of hydrogen-bond donors (Lipinski definition) is 1. The van der Waals surface area contributed by atoms with Crippen molar-refractivity contribution >= 4 is 28.3 Å². The summed E-state index contributed by atoms with van der Waals surface area (Å²) in [6, 6.07) is 11.7. The number of hydrogen-bond acceptors (Lipinski definition) is 3. The summed E-state index contributed by atoms with van der Waals surface area (Å²) in [6.45, 7) is 3.95. The monoisotopic (exact) mass is 391 g/mol. The van der Waals surface area contributed by atoms with Gasteiger partial charge in [0.1, 0.15) is 11.6 Å². The average Bonchev–Trinajstić information content (AvgIpc) is 2.99. The first-order chi connectivity index (χ1) is 14.0. The molecule has 0 saturated carbocycles. The van der Waals surface area contributed by atoms with Gasteiger partial charge in [-0.2, -0.15) is 0 Å². The van der Waals surface area contributed by atoms with Gasteiger partial charge in [-0.25, -0.2) is 9.29 Å². The lowest BCUT2D eigenvalue weighted by molar-refractivity contribution is 0.0924. The van der Waals surface area contributed by atoms with Crippen molar-refractivity contribution < 1.29 is 19.1 Å². The largest absolute Gasteiger partial charge is 0.506 e. The lowest BCUT2D eigenvalue weighted by atomic mass is 9.91. The van der Waals surface area contributed by atoms with Crippen molar-refractivity contribution in [1.29, 1.82) is 0 Å². The Morgan fingerprint density at radius 2 is 1.66 bits per heavy atom. The Morgan fingerprint density at radius 3 is 2.31 bits per heavy atom. The zero-order chi connectivity index (χ0) is 20.7. The van der Waals surface area contributed by atoms with Gasteiger partial charge in [0.15, 0.2) is 0 Å². The maximum absolute atomic E-state index is 14.7. The molecular weight excluding hydrogens is 369 g/mol. The number of phenols is 1. The van der Waals surface area contributed by atoms with Gasteiger partial charge in [0, 0.05) is 5.39 Å². The standard InChI is InChI=1S/C24H22FNO3/c1-3-5-8-16-15-9-6-7-10-17(15)22(27)21-20(16)23(28)26(24(21)29)19-12-11-14(4-2)13-18(19)25/h6-7,9-13,27H,3-5,8H2,1-2H3. The smallest absolute Gasteiger partial charge is 0.270 e. The summed E-state index contributed by atoms with van der Waals surface area (Å²) in [4.78, 5) is 27.4. The second-order valence-electron chi connectivity index (χ2n) is 7.31. The predicted octanol–water partition coefficient (Wildman–Crippen LogP) is 5.39. The SMILES string of the molecule is CCCCc1c2c(c(O)c3ccccc13)C(=O)N(c1ccc(CC)cc1F)C2=O. The first-order valence-corrected chi connectivity index (χ1v) is 9.93. The number of fused-ring (bicyclic) bond motifs is 2. The van der Waals surface area contributed by atoms with Crippen LogP contribution in [0.25, 0.3) is 10.8 Å². The molecule has 3 aromatic rings. The molecule has 4 rings (SSSR count). The fourth-order valence-corrected chi connectivity index (χ4v) is 4.04. The highest BCUT2D eigenvalue weighted by molar-refractivity contribution is 6.37. The molecule has 5 heteroatoms. The van der Waals surface area contributed by atoms with Crippen molar-refractivity contribution in [2.45, 2.75) is 39.5 Å². The maximum atomic E-state index is 14.7. The van der Waals surface area contributed by atoms with E-state index in [9.17, 15) is 19.1 Å². The number of carbonyl (C=O) groups excluding carboxylic acids is 2. The third-order valence-corrected chi connectivity index (χ3v) is 5.57. The van der Waals surface area contributed by atoms with E-state index in [1.54, 1.807) is 18.2 Å². The van der Waals surface area contributed by atoms with E-state index in [1.165, 1.54) is 12.1 Å². The molecule has 4 nitrogen and oxygen atoms in total. The number of aryl methyl sites for hydroxylation is 2. The summed E-state index contributed by atoms with van der Waals surface area (Å²) < 4.78 is 14.7. The normalized spacial score (nSPS) is 13.4. The summed E-state index contributed by atoms with van der Waals surface area (Å²) in [5.74, 6) is -2.12. The molecule has 1 N–H and O–H groups in total. The molecule has 3 aromatic carbocycles. The van der Waals surface area contributed by atoms with E-state index in [-0.39, 0.29) is 22.6 Å². The summed E-state index contributed by atoms with van der Waals surface area (Å²) in [5, 5.41) is 12.1.